The number of amides is 3. The summed E-state index contributed by atoms with van der Waals surface area (Å²) < 4.78 is 5.55. The van der Waals surface area contributed by atoms with Crippen molar-refractivity contribution in [3.8, 4) is 0 Å². The third kappa shape index (κ3) is 6.12. The largest absolute Gasteiger partial charge is 0.451 e. The molecule has 0 aliphatic carbocycles. The highest BCUT2D eigenvalue weighted by molar-refractivity contribution is 6.13. The first-order valence-corrected chi connectivity index (χ1v) is 9.96. The van der Waals surface area contributed by atoms with E-state index in [1.165, 1.54) is 12.2 Å². The van der Waals surface area contributed by atoms with E-state index in [2.05, 4.69) is 5.32 Å². The Morgan fingerprint density at radius 2 is 1.60 bits per heavy atom. The van der Waals surface area contributed by atoms with E-state index in [1.807, 2.05) is 0 Å². The van der Waals surface area contributed by atoms with Crippen molar-refractivity contribution in [2.45, 2.75) is 66.0 Å². The fourth-order valence-electron chi connectivity index (χ4n) is 3.53. The second-order valence-corrected chi connectivity index (χ2v) is 9.52. The molecule has 1 atom stereocenters. The summed E-state index contributed by atoms with van der Waals surface area (Å²) in [6.07, 6.45) is 1.57. The molecule has 1 unspecified atom stereocenters. The monoisotopic (exact) mass is 426 g/mol. The number of carbonyl (C=O) groups excluding carboxylic acids is 4. The Morgan fingerprint density at radius 1 is 1.07 bits per heavy atom. The van der Waals surface area contributed by atoms with E-state index in [1.54, 1.807) is 41.5 Å². The van der Waals surface area contributed by atoms with Crippen molar-refractivity contribution in [3.63, 3.8) is 0 Å². The van der Waals surface area contributed by atoms with Crippen LogP contribution in [0.3, 0.4) is 0 Å². The lowest BCUT2D eigenvalue weighted by atomic mass is 9.78. The van der Waals surface area contributed by atoms with Gasteiger partial charge in [-0.15, -0.1) is 0 Å². The second kappa shape index (κ2) is 9.70. The number of ether oxygens (including phenoxy) is 1. The van der Waals surface area contributed by atoms with Crippen LogP contribution in [0.4, 0.5) is 0 Å². The smallest absolute Gasteiger partial charge is 0.312 e. The predicted octanol–water partition coefficient (Wildman–Crippen LogP) is 0.535. The van der Waals surface area contributed by atoms with Crippen LogP contribution in [0, 0.1) is 10.8 Å². The van der Waals surface area contributed by atoms with Gasteiger partial charge in [0.1, 0.15) is 0 Å². The number of hydrogen-bond donors (Lipinski definition) is 3. The number of imide groups is 1. The molecule has 0 saturated heterocycles. The molecule has 0 radical (unpaired) electrons. The number of esters is 1. The van der Waals surface area contributed by atoms with E-state index in [9.17, 15) is 24.3 Å². The molecule has 9 nitrogen and oxygen atoms in total. The van der Waals surface area contributed by atoms with E-state index < -0.39 is 52.8 Å². The quantitative estimate of drug-likeness (QED) is 0.249. The van der Waals surface area contributed by atoms with E-state index in [4.69, 9.17) is 9.84 Å². The van der Waals surface area contributed by atoms with Gasteiger partial charge in [-0.1, -0.05) is 13.8 Å². The minimum atomic E-state index is -1.26. The molecule has 30 heavy (non-hydrogen) atoms. The fourth-order valence-corrected chi connectivity index (χ4v) is 3.53. The molecule has 0 aromatic carbocycles. The zero-order valence-electron chi connectivity index (χ0n) is 18.7. The number of hydrogen-bond acceptors (Lipinski definition) is 7. The van der Waals surface area contributed by atoms with Gasteiger partial charge in [-0.05, 0) is 40.5 Å². The highest BCUT2D eigenvalue weighted by Crippen LogP contribution is 2.36. The van der Waals surface area contributed by atoms with Crippen molar-refractivity contribution in [2.24, 2.45) is 10.8 Å². The second-order valence-electron chi connectivity index (χ2n) is 9.52. The summed E-state index contributed by atoms with van der Waals surface area (Å²) in [5, 5.41) is 21.2. The number of nitrogens with one attached hydrogen (secondary N) is 1. The van der Waals surface area contributed by atoms with Crippen molar-refractivity contribution in [3.05, 3.63) is 12.2 Å². The minimum absolute atomic E-state index is 0.0982. The van der Waals surface area contributed by atoms with Crippen molar-refractivity contribution < 1.29 is 34.1 Å². The molecule has 1 heterocycles. The summed E-state index contributed by atoms with van der Waals surface area (Å²) in [6.45, 7) is 9.49. The first-order valence-electron chi connectivity index (χ1n) is 9.96. The summed E-state index contributed by atoms with van der Waals surface area (Å²) in [5.74, 6) is -2.15. The van der Waals surface area contributed by atoms with Crippen LogP contribution in [-0.4, -0.2) is 70.2 Å². The summed E-state index contributed by atoms with van der Waals surface area (Å²) in [6, 6.07) is 0. The standard InChI is InChI=1S/C21H34N2O7/c1-19(2,12-21(5,6)23-14(26)8-9-15(23)27)18(29)30-16(20(3,4)13-25)17(28)22-10-7-11-24/h8-9,16,24-25H,7,10-13H2,1-6H3,(H,22,28). The van der Waals surface area contributed by atoms with Gasteiger partial charge in [0, 0.05) is 36.3 Å². The Balaban J connectivity index is 2.99. The number of rotatable bonds is 11. The lowest BCUT2D eigenvalue weighted by Gasteiger charge is -2.40. The van der Waals surface area contributed by atoms with Crippen LogP contribution in [0.5, 0.6) is 0 Å². The van der Waals surface area contributed by atoms with Gasteiger partial charge in [-0.3, -0.25) is 24.1 Å². The van der Waals surface area contributed by atoms with Gasteiger partial charge in [0.15, 0.2) is 6.10 Å². The molecular weight excluding hydrogens is 392 g/mol. The van der Waals surface area contributed by atoms with Gasteiger partial charge in [0.25, 0.3) is 17.7 Å². The highest BCUT2D eigenvalue weighted by Gasteiger charge is 2.46. The Kier molecular flexibility index (Phi) is 8.33. The molecule has 0 aromatic rings. The molecule has 1 aliphatic rings. The van der Waals surface area contributed by atoms with Crippen molar-refractivity contribution in [2.75, 3.05) is 19.8 Å². The molecule has 1 rings (SSSR count). The number of carbonyl (C=O) groups is 4. The third-order valence-electron chi connectivity index (χ3n) is 5.06. The Bertz CT molecular complexity index is 692. The topological polar surface area (TPSA) is 133 Å². The molecule has 1 aliphatic heterocycles. The van der Waals surface area contributed by atoms with Crippen LogP contribution in [0.1, 0.15) is 54.4 Å². The highest BCUT2D eigenvalue weighted by atomic mass is 16.6. The van der Waals surface area contributed by atoms with Crippen molar-refractivity contribution in [1.29, 1.82) is 0 Å². The normalized spacial score (nSPS) is 16.1. The maximum Gasteiger partial charge on any atom is 0.312 e. The summed E-state index contributed by atoms with van der Waals surface area (Å²) in [5.41, 5.74) is -3.15. The molecule has 3 amide bonds. The first-order chi connectivity index (χ1) is 13.7. The van der Waals surface area contributed by atoms with E-state index in [0.29, 0.717) is 6.42 Å². The lowest BCUT2D eigenvalue weighted by Crippen LogP contribution is -2.53. The van der Waals surface area contributed by atoms with Crippen LogP contribution in [0.15, 0.2) is 12.2 Å². The average molecular weight is 427 g/mol. The third-order valence-corrected chi connectivity index (χ3v) is 5.06. The van der Waals surface area contributed by atoms with Crippen LogP contribution >= 0.6 is 0 Å². The summed E-state index contributed by atoms with van der Waals surface area (Å²) in [7, 11) is 0. The molecule has 3 N–H and O–H groups in total. The summed E-state index contributed by atoms with van der Waals surface area (Å²) in [4.78, 5) is 50.8. The average Bonchev–Trinajstić information content (AvgIpc) is 2.97. The Morgan fingerprint density at radius 3 is 2.07 bits per heavy atom. The maximum absolute atomic E-state index is 13.0. The van der Waals surface area contributed by atoms with Gasteiger partial charge >= 0.3 is 5.97 Å². The molecule has 0 saturated carbocycles. The Hall–Kier alpha value is -2.26. The van der Waals surface area contributed by atoms with Crippen molar-refractivity contribution in [1.82, 2.24) is 10.2 Å². The SMILES string of the molecule is CC(C)(CC(C)(C)N1C(=O)C=CC1=O)C(=O)OC(C(=O)NCCCO)C(C)(C)CO. The van der Waals surface area contributed by atoms with Gasteiger partial charge in [0.05, 0.1) is 12.0 Å². The van der Waals surface area contributed by atoms with Crippen LogP contribution < -0.4 is 5.32 Å². The predicted molar refractivity (Wildman–Crippen MR) is 109 cm³/mol. The van der Waals surface area contributed by atoms with Crippen LogP contribution in [0.2, 0.25) is 0 Å². The summed E-state index contributed by atoms with van der Waals surface area (Å²) >= 11 is 0. The number of aliphatic hydroxyl groups excluding tert-OH is 2. The molecule has 0 spiro atoms. The van der Waals surface area contributed by atoms with Gasteiger partial charge in [-0.2, -0.15) is 0 Å². The molecular formula is C21H34N2O7. The fraction of sp³-hybridized carbons (Fsp3) is 0.714. The maximum atomic E-state index is 13.0. The zero-order valence-corrected chi connectivity index (χ0v) is 18.7. The molecule has 0 bridgehead atoms. The number of aliphatic hydroxyl groups is 2. The van der Waals surface area contributed by atoms with Crippen molar-refractivity contribution >= 4 is 23.7 Å². The molecule has 9 heteroatoms. The molecule has 0 aromatic heterocycles. The van der Waals surface area contributed by atoms with Crippen LogP contribution in [-0.2, 0) is 23.9 Å². The Labute approximate surface area is 177 Å². The van der Waals surface area contributed by atoms with Gasteiger partial charge in [-0.25, -0.2) is 0 Å². The van der Waals surface area contributed by atoms with Gasteiger partial charge in [0.2, 0.25) is 0 Å². The van der Waals surface area contributed by atoms with Crippen LogP contribution in [0.25, 0.3) is 0 Å². The lowest BCUT2D eigenvalue weighted by molar-refractivity contribution is -0.175. The first kappa shape index (κ1) is 25.8. The van der Waals surface area contributed by atoms with E-state index in [0.717, 1.165) is 4.90 Å². The van der Waals surface area contributed by atoms with Gasteiger partial charge < -0.3 is 20.3 Å². The minimum Gasteiger partial charge on any atom is -0.451 e. The molecule has 0 fully saturated rings. The number of nitrogens with zero attached hydrogens (tertiary/aromatic N) is 1. The van der Waals surface area contributed by atoms with E-state index in [-0.39, 0.29) is 19.6 Å². The molecule has 170 valence electrons. The van der Waals surface area contributed by atoms with E-state index >= 15 is 0 Å². The zero-order chi connectivity index (χ0) is 23.3.